The van der Waals surface area contributed by atoms with Crippen LogP contribution in [-0.2, 0) is 32.5 Å². The summed E-state index contributed by atoms with van der Waals surface area (Å²) in [6, 6.07) is 5.42. The second-order valence-electron chi connectivity index (χ2n) is 4.70. The Morgan fingerprint density at radius 1 is 1.50 bits per heavy atom. The van der Waals surface area contributed by atoms with Gasteiger partial charge in [-0.1, -0.05) is 12.1 Å². The summed E-state index contributed by atoms with van der Waals surface area (Å²) in [5.74, 6) is 0.272. The number of esters is 1. The number of carbonyl (C=O) groups excluding carboxylic acids is 1. The zero-order valence-corrected chi connectivity index (χ0v) is 12.2. The first-order chi connectivity index (χ1) is 9.39. The van der Waals surface area contributed by atoms with E-state index in [-0.39, 0.29) is 12.5 Å². The van der Waals surface area contributed by atoms with Crippen LogP contribution in [0.15, 0.2) is 18.2 Å². The van der Waals surface area contributed by atoms with Crippen LogP contribution in [0.4, 0.5) is 0 Å². The van der Waals surface area contributed by atoms with Gasteiger partial charge in [0.2, 0.25) is 10.0 Å². The van der Waals surface area contributed by atoms with Crippen LogP contribution in [0.2, 0.25) is 0 Å². The summed E-state index contributed by atoms with van der Waals surface area (Å²) >= 11 is 0. The lowest BCUT2D eigenvalue weighted by Gasteiger charge is -2.24. The molecule has 1 aromatic carbocycles. The van der Waals surface area contributed by atoms with Crippen molar-refractivity contribution in [3.63, 3.8) is 0 Å². The van der Waals surface area contributed by atoms with E-state index in [1.54, 1.807) is 12.1 Å². The molecule has 1 aliphatic heterocycles. The van der Waals surface area contributed by atoms with E-state index >= 15 is 0 Å². The van der Waals surface area contributed by atoms with E-state index < -0.39 is 16.1 Å². The maximum Gasteiger partial charge on any atom is 0.347 e. The van der Waals surface area contributed by atoms with Gasteiger partial charge in [0.15, 0.2) is 6.10 Å². The Morgan fingerprint density at radius 3 is 2.90 bits per heavy atom. The van der Waals surface area contributed by atoms with Crippen LogP contribution in [0.1, 0.15) is 17.5 Å². The molecule has 1 N–H and O–H groups in total. The predicted molar refractivity (Wildman–Crippen MR) is 72.9 cm³/mol. The highest BCUT2D eigenvalue weighted by atomic mass is 32.2. The van der Waals surface area contributed by atoms with Gasteiger partial charge in [0.1, 0.15) is 5.75 Å². The monoisotopic (exact) mass is 299 g/mol. The molecule has 0 saturated heterocycles. The molecule has 0 amide bonds. The normalized spacial score (nSPS) is 18.0. The fourth-order valence-electron chi connectivity index (χ4n) is 2.06. The summed E-state index contributed by atoms with van der Waals surface area (Å²) in [4.78, 5) is 11.4. The van der Waals surface area contributed by atoms with Crippen LogP contribution in [0.25, 0.3) is 0 Å². The van der Waals surface area contributed by atoms with Crippen LogP contribution in [-0.4, -0.2) is 33.9 Å². The van der Waals surface area contributed by atoms with Crippen molar-refractivity contribution in [3.05, 3.63) is 29.3 Å². The molecule has 0 spiro atoms. The second-order valence-corrected chi connectivity index (χ2v) is 6.54. The van der Waals surface area contributed by atoms with E-state index in [0.29, 0.717) is 18.6 Å². The minimum Gasteiger partial charge on any atom is -0.478 e. The smallest absolute Gasteiger partial charge is 0.347 e. The molecule has 1 atom stereocenters. The van der Waals surface area contributed by atoms with Gasteiger partial charge in [-0.2, -0.15) is 0 Å². The average molecular weight is 299 g/mol. The standard InChI is InChI=1S/C13H17NO5S/c1-18-13(15)12-6-4-10-7-9(3-5-11(10)19-12)8-14-20(2,16)17/h3,5,7,12,14H,4,6,8H2,1-2H3. The molecule has 1 aromatic rings. The Balaban J connectivity index is 2.09. The van der Waals surface area contributed by atoms with Crippen molar-refractivity contribution < 1.29 is 22.7 Å². The van der Waals surface area contributed by atoms with Crippen LogP contribution >= 0.6 is 0 Å². The molecule has 0 bridgehead atoms. The largest absolute Gasteiger partial charge is 0.478 e. The molecule has 2 rings (SSSR count). The number of ether oxygens (including phenoxy) is 2. The maximum absolute atomic E-state index is 11.4. The van der Waals surface area contributed by atoms with E-state index in [0.717, 1.165) is 17.4 Å². The Labute approximate surface area is 118 Å². The Kier molecular flexibility index (Phi) is 4.29. The summed E-state index contributed by atoms with van der Waals surface area (Å²) in [6.07, 6.45) is 1.81. The molecule has 20 heavy (non-hydrogen) atoms. The highest BCUT2D eigenvalue weighted by Crippen LogP contribution is 2.28. The van der Waals surface area contributed by atoms with Crippen molar-refractivity contribution in [3.8, 4) is 5.75 Å². The number of benzene rings is 1. The van der Waals surface area contributed by atoms with Crippen molar-refractivity contribution in [1.82, 2.24) is 4.72 Å². The number of rotatable bonds is 4. The molecule has 6 nitrogen and oxygen atoms in total. The average Bonchev–Trinajstić information content (AvgIpc) is 2.42. The lowest BCUT2D eigenvalue weighted by molar-refractivity contribution is -0.149. The summed E-state index contributed by atoms with van der Waals surface area (Å²) in [7, 11) is -1.87. The number of methoxy groups -OCH3 is 1. The maximum atomic E-state index is 11.4. The van der Waals surface area contributed by atoms with Crippen molar-refractivity contribution in [2.45, 2.75) is 25.5 Å². The molecule has 1 unspecified atom stereocenters. The summed E-state index contributed by atoms with van der Waals surface area (Å²) in [6.45, 7) is 0.243. The lowest BCUT2D eigenvalue weighted by Crippen LogP contribution is -2.32. The highest BCUT2D eigenvalue weighted by Gasteiger charge is 2.26. The van der Waals surface area contributed by atoms with E-state index in [2.05, 4.69) is 9.46 Å². The first kappa shape index (κ1) is 14.8. The van der Waals surface area contributed by atoms with E-state index in [4.69, 9.17) is 4.74 Å². The van der Waals surface area contributed by atoms with Crippen molar-refractivity contribution >= 4 is 16.0 Å². The van der Waals surface area contributed by atoms with Gasteiger partial charge in [0.05, 0.1) is 13.4 Å². The number of carbonyl (C=O) groups is 1. The minimum absolute atomic E-state index is 0.243. The third kappa shape index (κ3) is 3.71. The van der Waals surface area contributed by atoms with Gasteiger partial charge in [-0.25, -0.2) is 17.9 Å². The summed E-state index contributed by atoms with van der Waals surface area (Å²) in [5, 5.41) is 0. The van der Waals surface area contributed by atoms with E-state index in [1.807, 2.05) is 6.07 Å². The molecular weight excluding hydrogens is 282 g/mol. The van der Waals surface area contributed by atoms with Crippen molar-refractivity contribution in [1.29, 1.82) is 0 Å². The van der Waals surface area contributed by atoms with Gasteiger partial charge in [0, 0.05) is 6.54 Å². The predicted octanol–water partition coefficient (Wildman–Crippen LogP) is 0.602. The third-order valence-corrected chi connectivity index (χ3v) is 3.74. The zero-order valence-electron chi connectivity index (χ0n) is 11.4. The molecule has 1 aliphatic rings. The third-order valence-electron chi connectivity index (χ3n) is 3.07. The zero-order chi connectivity index (χ0) is 14.8. The molecule has 0 aliphatic carbocycles. The molecular formula is C13H17NO5S. The van der Waals surface area contributed by atoms with Gasteiger partial charge >= 0.3 is 5.97 Å². The van der Waals surface area contributed by atoms with Gasteiger partial charge in [-0.05, 0) is 30.0 Å². The quantitative estimate of drug-likeness (QED) is 0.823. The highest BCUT2D eigenvalue weighted by molar-refractivity contribution is 7.88. The fraction of sp³-hybridized carbons (Fsp3) is 0.462. The van der Waals surface area contributed by atoms with Gasteiger partial charge in [-0.15, -0.1) is 0 Å². The second kappa shape index (κ2) is 5.80. The van der Waals surface area contributed by atoms with Crippen LogP contribution in [0.3, 0.4) is 0 Å². The van der Waals surface area contributed by atoms with E-state index in [1.165, 1.54) is 7.11 Å². The SMILES string of the molecule is COC(=O)C1CCc2cc(CNS(C)(=O)=O)ccc2O1. The topological polar surface area (TPSA) is 81.7 Å². The number of aryl methyl sites for hydroxylation is 1. The van der Waals surface area contributed by atoms with Crippen LogP contribution < -0.4 is 9.46 Å². The summed E-state index contributed by atoms with van der Waals surface area (Å²) < 4.78 is 34.8. The van der Waals surface area contributed by atoms with Crippen molar-refractivity contribution in [2.24, 2.45) is 0 Å². The first-order valence-electron chi connectivity index (χ1n) is 6.20. The van der Waals surface area contributed by atoms with E-state index in [9.17, 15) is 13.2 Å². The van der Waals surface area contributed by atoms with Crippen LogP contribution in [0, 0.1) is 0 Å². The number of hydrogen-bond acceptors (Lipinski definition) is 5. The fourth-order valence-corrected chi connectivity index (χ4v) is 2.49. The molecule has 0 saturated carbocycles. The number of nitrogens with one attached hydrogen (secondary N) is 1. The Bertz CT molecular complexity index is 611. The molecule has 110 valence electrons. The van der Waals surface area contributed by atoms with Gasteiger partial charge < -0.3 is 9.47 Å². The molecule has 0 fully saturated rings. The number of fused-ring (bicyclic) bond motifs is 1. The van der Waals surface area contributed by atoms with Gasteiger partial charge in [0.25, 0.3) is 0 Å². The molecule has 0 aromatic heterocycles. The Morgan fingerprint density at radius 2 is 2.25 bits per heavy atom. The molecule has 7 heteroatoms. The van der Waals surface area contributed by atoms with Gasteiger partial charge in [-0.3, -0.25) is 0 Å². The number of sulfonamides is 1. The minimum atomic E-state index is -3.21. The first-order valence-corrected chi connectivity index (χ1v) is 8.09. The lowest BCUT2D eigenvalue weighted by atomic mass is 10.00. The Hall–Kier alpha value is -1.60. The van der Waals surface area contributed by atoms with Crippen LogP contribution in [0.5, 0.6) is 5.75 Å². The summed E-state index contributed by atoms with van der Waals surface area (Å²) in [5.41, 5.74) is 1.83. The number of hydrogen-bond donors (Lipinski definition) is 1. The molecule has 1 heterocycles. The van der Waals surface area contributed by atoms with Crippen molar-refractivity contribution in [2.75, 3.05) is 13.4 Å². The molecule has 0 radical (unpaired) electrons.